The summed E-state index contributed by atoms with van der Waals surface area (Å²) < 4.78 is 1.30. The Hall–Kier alpha value is -1.22. The van der Waals surface area contributed by atoms with Crippen molar-refractivity contribution in [2.45, 2.75) is 38.6 Å². The molecule has 7 heteroatoms. The number of hydrogen-bond acceptors (Lipinski definition) is 4. The number of aromatic nitrogens is 1. The first kappa shape index (κ1) is 24.9. The third-order valence-electron chi connectivity index (χ3n) is 7.25. The molecule has 0 spiro atoms. The van der Waals surface area contributed by atoms with E-state index < -0.39 is 0 Å². The van der Waals surface area contributed by atoms with E-state index in [1.54, 1.807) is 6.20 Å². The molecule has 2 atom stereocenters. The predicted molar refractivity (Wildman–Crippen MR) is 128 cm³/mol. The summed E-state index contributed by atoms with van der Waals surface area (Å²) in [5, 5.41) is 11.1. The number of aliphatic hydroxyl groups excluding tert-OH is 1. The van der Waals surface area contributed by atoms with Gasteiger partial charge in [0.15, 0.2) is 0 Å². The third-order valence-corrected chi connectivity index (χ3v) is 9.99. The number of alkyl halides is 1. The van der Waals surface area contributed by atoms with E-state index in [9.17, 15) is 9.90 Å². The molecular weight excluding hydrogens is 549 g/mol. The molecule has 2 aliphatic rings. The average molecular weight is 583 g/mol. The van der Waals surface area contributed by atoms with E-state index in [-0.39, 0.29) is 39.6 Å². The van der Waals surface area contributed by atoms with E-state index in [0.717, 1.165) is 68.1 Å². The van der Waals surface area contributed by atoms with Crippen molar-refractivity contribution in [3.63, 3.8) is 0 Å². The molecule has 0 aliphatic carbocycles. The fraction of sp³-hybridized carbons (Fsp3) is 0.538. The third kappa shape index (κ3) is 6.08. The molecule has 0 saturated carbocycles. The summed E-state index contributed by atoms with van der Waals surface area (Å²) in [6.07, 6.45) is 5.79. The molecule has 0 bridgehead atoms. The number of rotatable bonds is 6. The van der Waals surface area contributed by atoms with Crippen LogP contribution in [0.5, 0.6) is 0 Å². The van der Waals surface area contributed by atoms with E-state index in [1.807, 2.05) is 24.0 Å². The molecule has 2 fully saturated rings. The molecule has 4 rings (SSSR count). The van der Waals surface area contributed by atoms with Crippen LogP contribution in [0.1, 0.15) is 40.9 Å². The molecule has 2 aromatic rings. The van der Waals surface area contributed by atoms with E-state index in [2.05, 4.69) is 33.0 Å². The number of benzene rings is 1. The predicted octanol–water partition coefficient (Wildman–Crippen LogP) is 0.710. The van der Waals surface area contributed by atoms with E-state index in [1.165, 1.54) is 9.13 Å². The van der Waals surface area contributed by atoms with Crippen LogP contribution in [-0.4, -0.2) is 69.6 Å². The molecule has 3 heterocycles. The van der Waals surface area contributed by atoms with Crippen molar-refractivity contribution < 1.29 is 31.1 Å². The van der Waals surface area contributed by atoms with Gasteiger partial charge in [0.2, 0.25) is 0 Å². The maximum atomic E-state index is 12.9. The van der Waals surface area contributed by atoms with Gasteiger partial charge in [-0.25, -0.2) is 0 Å². The van der Waals surface area contributed by atoms with Gasteiger partial charge in [-0.3, -0.25) is 9.78 Å². The Balaban J connectivity index is 1.31. The van der Waals surface area contributed by atoms with Gasteiger partial charge >= 0.3 is 156 Å². The average Bonchev–Trinajstić information content (AvgIpc) is 2.84. The first-order chi connectivity index (χ1) is 16.0. The molecule has 2 saturated heterocycles. The molecule has 0 unspecified atom stereocenters. The van der Waals surface area contributed by atoms with Crippen molar-refractivity contribution in [2.24, 2.45) is 11.8 Å². The van der Waals surface area contributed by atoms with Crippen LogP contribution in [0.25, 0.3) is 0 Å². The first-order valence-electron chi connectivity index (χ1n) is 11.8. The summed E-state index contributed by atoms with van der Waals surface area (Å²) in [4.78, 5) is 23.8. The number of nitrogens with zero attached hydrogens (tertiary/aromatic N) is 3. The van der Waals surface area contributed by atoms with Crippen molar-refractivity contribution in [1.82, 2.24) is 14.8 Å². The molecule has 1 aromatic carbocycles. The topological polar surface area (TPSA) is 56.7 Å². The number of hydrogen-bond donors (Lipinski definition) is 1. The SMILES string of the molecule is C[I-]c1ccc(C[C@H]2CCN(C3CCN(C(=O)c4ccnc(C)c4)CC3)C[C@H]2CO)cc1Cl. The number of carbonyl (C=O) groups excluding carboxylic acids is 1. The van der Waals surface area contributed by atoms with Gasteiger partial charge in [0.1, 0.15) is 0 Å². The number of aliphatic hydroxyl groups is 1. The fourth-order valence-corrected chi connectivity index (χ4v) is 7.23. The Labute approximate surface area is 212 Å². The zero-order valence-corrected chi connectivity index (χ0v) is 22.4. The van der Waals surface area contributed by atoms with Crippen LogP contribution in [0.3, 0.4) is 0 Å². The number of aryl methyl sites for hydroxylation is 1. The van der Waals surface area contributed by atoms with Crippen LogP contribution in [0.15, 0.2) is 36.5 Å². The van der Waals surface area contributed by atoms with Crippen molar-refractivity contribution in [3.8, 4) is 0 Å². The molecule has 1 N–H and O–H groups in total. The molecule has 0 radical (unpaired) electrons. The van der Waals surface area contributed by atoms with Gasteiger partial charge in [0, 0.05) is 17.5 Å². The van der Waals surface area contributed by atoms with Crippen molar-refractivity contribution in [2.75, 3.05) is 37.7 Å². The summed E-state index contributed by atoms with van der Waals surface area (Å²) in [6, 6.07) is 10.7. The minimum absolute atomic E-state index is 0.000921. The van der Waals surface area contributed by atoms with E-state index >= 15 is 0 Å². The molecule has 180 valence electrons. The Morgan fingerprint density at radius 3 is 2.61 bits per heavy atom. The van der Waals surface area contributed by atoms with Crippen molar-refractivity contribution >= 4 is 17.5 Å². The standard InChI is InChI=1S/C26H34ClIN3O2/c1-18-13-21(5-9-29-18)26(33)30-11-7-23(8-12-30)31-10-6-20(22(16-31)17-32)14-19-3-4-25(28-2)24(27)15-19/h3-5,9,13,15,20,22-23,32H,6-8,10-12,14,16-17H2,1-2H3/q-1/t20-,22+/m1/s1. The van der Waals surface area contributed by atoms with Crippen LogP contribution < -0.4 is 21.2 Å². The summed E-state index contributed by atoms with van der Waals surface area (Å²) in [7, 11) is 0. The Morgan fingerprint density at radius 2 is 1.94 bits per heavy atom. The monoisotopic (exact) mass is 582 g/mol. The number of carbonyl (C=O) groups is 1. The summed E-state index contributed by atoms with van der Waals surface area (Å²) in [5.74, 6) is 0.886. The summed E-state index contributed by atoms with van der Waals surface area (Å²) in [5.41, 5.74) is 2.89. The first-order valence-corrected chi connectivity index (χ1v) is 15.4. The van der Waals surface area contributed by atoms with Gasteiger partial charge < -0.3 is 4.90 Å². The molecule has 33 heavy (non-hydrogen) atoms. The zero-order valence-electron chi connectivity index (χ0n) is 19.5. The van der Waals surface area contributed by atoms with Crippen LogP contribution in [-0.2, 0) is 6.42 Å². The second-order valence-electron chi connectivity index (χ2n) is 9.34. The maximum absolute atomic E-state index is 12.9. The van der Waals surface area contributed by atoms with Gasteiger partial charge in [-0.2, -0.15) is 0 Å². The molecule has 5 nitrogen and oxygen atoms in total. The van der Waals surface area contributed by atoms with Gasteiger partial charge in [-0.05, 0) is 19.1 Å². The Morgan fingerprint density at radius 1 is 1.15 bits per heavy atom. The van der Waals surface area contributed by atoms with Gasteiger partial charge in [0.25, 0.3) is 5.91 Å². The zero-order chi connectivity index (χ0) is 23.4. The van der Waals surface area contributed by atoms with E-state index in [4.69, 9.17) is 11.6 Å². The molecular formula is C26H34ClIN3O2-. The number of amides is 1. The normalized spacial score (nSPS) is 22.6. The molecule has 1 aromatic heterocycles. The van der Waals surface area contributed by atoms with Gasteiger partial charge in [-0.1, -0.05) is 0 Å². The number of likely N-dealkylation sites (tertiary alicyclic amines) is 2. The molecule has 1 amide bonds. The van der Waals surface area contributed by atoms with E-state index in [0.29, 0.717) is 12.0 Å². The second kappa shape index (κ2) is 11.5. The van der Waals surface area contributed by atoms with Crippen LogP contribution >= 0.6 is 11.6 Å². The fourth-order valence-electron chi connectivity index (χ4n) is 5.33. The van der Waals surface area contributed by atoms with Crippen LogP contribution in [0.2, 0.25) is 5.02 Å². The number of piperidine rings is 2. The quantitative estimate of drug-likeness (QED) is 0.403. The van der Waals surface area contributed by atoms with Crippen molar-refractivity contribution in [3.05, 3.63) is 61.9 Å². The number of halogens is 2. The minimum atomic E-state index is -0.000921. The number of pyridine rings is 1. The van der Waals surface area contributed by atoms with Crippen LogP contribution in [0.4, 0.5) is 0 Å². The Bertz CT molecular complexity index is 964. The Kier molecular flexibility index (Phi) is 8.65. The van der Waals surface area contributed by atoms with Gasteiger partial charge in [-0.15, -0.1) is 0 Å². The second-order valence-corrected chi connectivity index (χ2v) is 12.0. The molecule has 2 aliphatic heterocycles. The van der Waals surface area contributed by atoms with Crippen LogP contribution in [0, 0.1) is 22.3 Å². The summed E-state index contributed by atoms with van der Waals surface area (Å²) in [6.45, 7) is 5.73. The summed E-state index contributed by atoms with van der Waals surface area (Å²) >= 11 is 6.46. The van der Waals surface area contributed by atoms with Crippen molar-refractivity contribution in [1.29, 1.82) is 0 Å². The van der Waals surface area contributed by atoms with Gasteiger partial charge in [0.05, 0.1) is 0 Å².